The number of carbonyl (C=O) groups excluding carboxylic acids is 3. The van der Waals surface area contributed by atoms with Gasteiger partial charge in [0.1, 0.15) is 12.1 Å². The van der Waals surface area contributed by atoms with E-state index >= 15 is 0 Å². The van der Waals surface area contributed by atoms with Gasteiger partial charge in [0.05, 0.1) is 6.10 Å². The van der Waals surface area contributed by atoms with Crippen molar-refractivity contribution >= 4 is 17.6 Å². The minimum atomic E-state index is -0.978. The van der Waals surface area contributed by atoms with Gasteiger partial charge in [-0.15, -0.1) is 0 Å². The highest BCUT2D eigenvalue weighted by atomic mass is 16.5. The Morgan fingerprint density at radius 3 is 2.53 bits per heavy atom. The molecule has 1 saturated heterocycles. The van der Waals surface area contributed by atoms with E-state index in [2.05, 4.69) is 5.32 Å². The number of hydrogen-bond donors (Lipinski definition) is 2. The largest absolute Gasteiger partial charge is 0.369 e. The lowest BCUT2D eigenvalue weighted by molar-refractivity contribution is -0.131. The average Bonchev–Trinajstić information content (AvgIpc) is 2.54. The minimum Gasteiger partial charge on any atom is -0.369 e. The van der Waals surface area contributed by atoms with Crippen molar-refractivity contribution in [3.63, 3.8) is 0 Å². The van der Waals surface area contributed by atoms with E-state index in [0.29, 0.717) is 6.42 Å². The first-order valence-electron chi connectivity index (χ1n) is 6.35. The van der Waals surface area contributed by atoms with Crippen LogP contribution in [-0.4, -0.2) is 35.8 Å². The molecule has 108 valence electrons. The zero-order chi connectivity index (χ0) is 14.8. The van der Waals surface area contributed by atoms with E-state index in [-0.39, 0.29) is 30.8 Å². The molecule has 2 unspecified atom stereocenters. The molecule has 2 atom stereocenters. The second-order valence-electron chi connectivity index (χ2n) is 5.88. The summed E-state index contributed by atoms with van der Waals surface area (Å²) < 4.78 is 5.23. The fourth-order valence-electron chi connectivity index (χ4n) is 1.82. The Hall–Kier alpha value is -1.43. The number of nitrogens with two attached hydrogens (primary N) is 1. The number of nitrogens with one attached hydrogen (secondary N) is 1. The molecule has 6 nitrogen and oxygen atoms in total. The second-order valence-corrected chi connectivity index (χ2v) is 5.88. The van der Waals surface area contributed by atoms with Gasteiger partial charge in [-0.25, -0.2) is 0 Å². The molecule has 0 aliphatic carbocycles. The quantitative estimate of drug-likeness (QED) is 0.742. The van der Waals surface area contributed by atoms with Crippen molar-refractivity contribution in [3.8, 4) is 0 Å². The summed E-state index contributed by atoms with van der Waals surface area (Å²) in [7, 11) is 0. The third-order valence-corrected chi connectivity index (χ3v) is 3.90. The molecule has 0 spiro atoms. The number of Topliss-reactive ketones (excluding diaryl/α,β-unsaturated/α-hetero) is 1. The third kappa shape index (κ3) is 3.32. The van der Waals surface area contributed by atoms with Crippen molar-refractivity contribution in [2.45, 2.75) is 52.2 Å². The van der Waals surface area contributed by atoms with E-state index in [1.807, 2.05) is 0 Å². The van der Waals surface area contributed by atoms with Gasteiger partial charge in [0.2, 0.25) is 11.8 Å². The first kappa shape index (κ1) is 15.6. The maximum atomic E-state index is 11.9. The Morgan fingerprint density at radius 2 is 2.11 bits per heavy atom. The molecule has 1 rings (SSSR count). The van der Waals surface area contributed by atoms with Crippen molar-refractivity contribution in [2.75, 3.05) is 6.61 Å². The predicted octanol–water partition coefficient (Wildman–Crippen LogP) is 0.141. The van der Waals surface area contributed by atoms with Crippen LogP contribution in [0.15, 0.2) is 0 Å². The van der Waals surface area contributed by atoms with Crippen LogP contribution in [0, 0.1) is 5.41 Å². The average molecular weight is 270 g/mol. The molecule has 1 heterocycles. The summed E-state index contributed by atoms with van der Waals surface area (Å²) in [6, 6.07) is 0. The van der Waals surface area contributed by atoms with Crippen LogP contribution in [0.5, 0.6) is 0 Å². The molecule has 0 radical (unpaired) electrons. The molecular weight excluding hydrogens is 248 g/mol. The predicted molar refractivity (Wildman–Crippen MR) is 69.2 cm³/mol. The van der Waals surface area contributed by atoms with E-state index < -0.39 is 16.9 Å². The van der Waals surface area contributed by atoms with Crippen LogP contribution in [0.25, 0.3) is 0 Å². The summed E-state index contributed by atoms with van der Waals surface area (Å²) in [5, 5.41) is 2.70. The van der Waals surface area contributed by atoms with Crippen molar-refractivity contribution < 1.29 is 19.1 Å². The van der Waals surface area contributed by atoms with Crippen LogP contribution < -0.4 is 11.1 Å². The van der Waals surface area contributed by atoms with Crippen molar-refractivity contribution in [1.29, 1.82) is 0 Å². The highest BCUT2D eigenvalue weighted by molar-refractivity contribution is 5.95. The van der Waals surface area contributed by atoms with Gasteiger partial charge in [-0.05, 0) is 20.3 Å². The van der Waals surface area contributed by atoms with Crippen molar-refractivity contribution in [2.24, 2.45) is 11.1 Å². The van der Waals surface area contributed by atoms with Gasteiger partial charge in [-0.2, -0.15) is 0 Å². The molecular formula is C13H22N2O4. The van der Waals surface area contributed by atoms with Gasteiger partial charge in [-0.3, -0.25) is 14.4 Å². The number of primary amides is 1. The molecule has 0 aromatic rings. The SMILES string of the molecule is CC1OCC(=O)C1(C)NC(=O)CCC(C)(C)C(N)=O. The summed E-state index contributed by atoms with van der Waals surface area (Å²) in [4.78, 5) is 34.8. The second kappa shape index (κ2) is 5.28. The van der Waals surface area contributed by atoms with E-state index in [9.17, 15) is 14.4 Å². The zero-order valence-corrected chi connectivity index (χ0v) is 11.9. The Balaban J connectivity index is 2.57. The van der Waals surface area contributed by atoms with E-state index in [1.54, 1.807) is 27.7 Å². The van der Waals surface area contributed by atoms with Crippen LogP contribution in [0.1, 0.15) is 40.5 Å². The number of ether oxygens (including phenoxy) is 1. The molecule has 0 bridgehead atoms. The summed E-state index contributed by atoms with van der Waals surface area (Å²) in [6.45, 7) is 6.81. The lowest BCUT2D eigenvalue weighted by Crippen LogP contribution is -2.55. The van der Waals surface area contributed by atoms with Crippen LogP contribution in [0.2, 0.25) is 0 Å². The molecule has 1 aliphatic rings. The number of carbonyl (C=O) groups is 3. The molecule has 1 aliphatic heterocycles. The maximum absolute atomic E-state index is 11.9. The molecule has 0 aromatic carbocycles. The van der Waals surface area contributed by atoms with E-state index in [0.717, 1.165) is 0 Å². The molecule has 0 saturated carbocycles. The number of ketones is 1. The van der Waals surface area contributed by atoms with Crippen LogP contribution in [0.3, 0.4) is 0 Å². The van der Waals surface area contributed by atoms with Crippen LogP contribution in [-0.2, 0) is 19.1 Å². The van der Waals surface area contributed by atoms with E-state index in [1.165, 1.54) is 0 Å². The van der Waals surface area contributed by atoms with Gasteiger partial charge >= 0.3 is 0 Å². The summed E-state index contributed by atoms with van der Waals surface area (Å²) >= 11 is 0. The topological polar surface area (TPSA) is 98.5 Å². The lowest BCUT2D eigenvalue weighted by atomic mass is 9.86. The molecule has 3 N–H and O–H groups in total. The van der Waals surface area contributed by atoms with Gasteiger partial charge in [0, 0.05) is 11.8 Å². The lowest BCUT2D eigenvalue weighted by Gasteiger charge is -2.28. The molecule has 0 aromatic heterocycles. The van der Waals surface area contributed by atoms with Gasteiger partial charge < -0.3 is 15.8 Å². The van der Waals surface area contributed by atoms with Crippen LogP contribution in [0.4, 0.5) is 0 Å². The molecule has 1 fully saturated rings. The van der Waals surface area contributed by atoms with Gasteiger partial charge in [0.25, 0.3) is 0 Å². The van der Waals surface area contributed by atoms with Gasteiger partial charge in [-0.1, -0.05) is 13.8 Å². The van der Waals surface area contributed by atoms with Gasteiger partial charge in [0.15, 0.2) is 5.78 Å². The highest BCUT2D eigenvalue weighted by Crippen LogP contribution is 2.24. The third-order valence-electron chi connectivity index (χ3n) is 3.90. The Labute approximate surface area is 113 Å². The number of amides is 2. The Morgan fingerprint density at radius 1 is 1.53 bits per heavy atom. The normalized spacial score (nSPS) is 27.4. The summed E-state index contributed by atoms with van der Waals surface area (Å²) in [5.74, 6) is -0.856. The monoisotopic (exact) mass is 270 g/mol. The smallest absolute Gasteiger partial charge is 0.223 e. The summed E-state index contributed by atoms with van der Waals surface area (Å²) in [5.41, 5.74) is 3.53. The van der Waals surface area contributed by atoms with E-state index in [4.69, 9.17) is 10.5 Å². The zero-order valence-electron chi connectivity index (χ0n) is 11.9. The first-order valence-corrected chi connectivity index (χ1v) is 6.35. The molecule has 6 heteroatoms. The highest BCUT2D eigenvalue weighted by Gasteiger charge is 2.46. The number of rotatable bonds is 5. The first-order chi connectivity index (χ1) is 8.59. The number of hydrogen-bond acceptors (Lipinski definition) is 4. The van der Waals surface area contributed by atoms with Crippen molar-refractivity contribution in [1.82, 2.24) is 5.32 Å². The Bertz CT molecular complexity index is 405. The fourth-order valence-corrected chi connectivity index (χ4v) is 1.82. The molecule has 2 amide bonds. The standard InChI is InChI=1S/C13H22N2O4/c1-8-13(4,9(16)7-19-8)15-10(17)5-6-12(2,3)11(14)18/h8H,5-7H2,1-4H3,(H2,14,18)(H,15,17). The minimum absolute atomic E-state index is 0.0186. The summed E-state index contributed by atoms with van der Waals surface area (Å²) in [6.07, 6.45) is 0.132. The fraction of sp³-hybridized carbons (Fsp3) is 0.769. The van der Waals surface area contributed by atoms with Crippen LogP contribution >= 0.6 is 0 Å². The molecule has 19 heavy (non-hydrogen) atoms. The maximum Gasteiger partial charge on any atom is 0.223 e. The van der Waals surface area contributed by atoms with Crippen molar-refractivity contribution in [3.05, 3.63) is 0 Å². The Kier molecular flexibility index (Phi) is 4.35.